The molecule has 148 valence electrons. The Bertz CT molecular complexity index is 1020. The Balaban J connectivity index is 2.06. The molecular weight excluding hydrogens is 378 g/mol. The molecule has 0 fully saturated rings. The number of hydrogen-bond acceptors (Lipinski definition) is 4. The van der Waals surface area contributed by atoms with Crippen LogP contribution in [0.3, 0.4) is 0 Å². The maximum Gasteiger partial charge on any atom is 0.251 e. The van der Waals surface area contributed by atoms with Crippen LogP contribution in [0.2, 0.25) is 0 Å². The summed E-state index contributed by atoms with van der Waals surface area (Å²) in [5.74, 6) is -0.750. The van der Waals surface area contributed by atoms with Gasteiger partial charge in [-0.2, -0.15) is 0 Å². The van der Waals surface area contributed by atoms with E-state index in [1.807, 2.05) is 13.0 Å². The average molecular weight is 401 g/mol. The number of para-hydroxylation sites is 2. The highest BCUT2D eigenvalue weighted by Gasteiger charge is 2.37. The molecule has 0 aromatic heterocycles. The van der Waals surface area contributed by atoms with Gasteiger partial charge >= 0.3 is 0 Å². The molecule has 1 aliphatic heterocycles. The first-order chi connectivity index (χ1) is 13.2. The molecule has 7 nitrogen and oxygen atoms in total. The fourth-order valence-electron chi connectivity index (χ4n) is 3.42. The third-order valence-corrected chi connectivity index (χ3v) is 5.78. The number of hydrogen-bond donors (Lipinski definition) is 1. The summed E-state index contributed by atoms with van der Waals surface area (Å²) in [5, 5.41) is 2.74. The quantitative estimate of drug-likeness (QED) is 0.834. The monoisotopic (exact) mass is 401 g/mol. The largest absolute Gasteiger partial charge is 0.323 e. The van der Waals surface area contributed by atoms with Crippen LogP contribution in [-0.4, -0.2) is 39.1 Å². The smallest absolute Gasteiger partial charge is 0.251 e. The first kappa shape index (κ1) is 19.9. The molecule has 1 heterocycles. The summed E-state index contributed by atoms with van der Waals surface area (Å²) in [4.78, 5) is 26.9. The molecule has 0 unspecified atom stereocenters. The number of carbonyl (C=O) groups excluding carboxylic acids is 2. The lowest BCUT2D eigenvalue weighted by Crippen LogP contribution is -2.53. The predicted molar refractivity (Wildman–Crippen MR) is 110 cm³/mol. The van der Waals surface area contributed by atoms with Gasteiger partial charge in [0.25, 0.3) is 5.91 Å². The minimum absolute atomic E-state index is 0.155. The van der Waals surface area contributed by atoms with Crippen LogP contribution in [-0.2, 0) is 19.6 Å². The lowest BCUT2D eigenvalue weighted by molar-refractivity contribution is -0.122. The number of rotatable bonds is 5. The third-order valence-electron chi connectivity index (χ3n) is 4.60. The minimum Gasteiger partial charge on any atom is -0.323 e. The zero-order valence-corrected chi connectivity index (χ0v) is 16.9. The first-order valence-electron chi connectivity index (χ1n) is 8.98. The highest BCUT2D eigenvalue weighted by atomic mass is 32.2. The van der Waals surface area contributed by atoms with Gasteiger partial charge < -0.3 is 5.32 Å². The van der Waals surface area contributed by atoms with Gasteiger partial charge in [0.2, 0.25) is 15.9 Å². The van der Waals surface area contributed by atoms with Gasteiger partial charge in [-0.25, -0.2) is 8.42 Å². The van der Waals surface area contributed by atoms with Crippen molar-refractivity contribution in [2.24, 2.45) is 0 Å². The Morgan fingerprint density at radius 2 is 1.93 bits per heavy atom. The van der Waals surface area contributed by atoms with Crippen molar-refractivity contribution in [1.82, 2.24) is 0 Å². The van der Waals surface area contributed by atoms with Crippen molar-refractivity contribution >= 4 is 38.9 Å². The zero-order valence-electron chi connectivity index (χ0n) is 16.0. The molecule has 0 saturated heterocycles. The number of nitrogens with one attached hydrogen (secondary N) is 1. The van der Waals surface area contributed by atoms with Crippen LogP contribution in [0.5, 0.6) is 0 Å². The second kappa shape index (κ2) is 7.63. The highest BCUT2D eigenvalue weighted by Crippen LogP contribution is 2.31. The van der Waals surface area contributed by atoms with E-state index >= 15 is 0 Å². The van der Waals surface area contributed by atoms with Crippen LogP contribution in [0.1, 0.15) is 18.9 Å². The topological polar surface area (TPSA) is 86.8 Å². The molecule has 2 aromatic rings. The lowest BCUT2D eigenvalue weighted by atomic mass is 10.1. The fraction of sp³-hybridized carbons (Fsp3) is 0.300. The van der Waals surface area contributed by atoms with E-state index in [1.54, 1.807) is 49.4 Å². The van der Waals surface area contributed by atoms with E-state index in [2.05, 4.69) is 5.32 Å². The number of carbonyl (C=O) groups is 2. The summed E-state index contributed by atoms with van der Waals surface area (Å²) in [6.45, 7) is 3.46. The molecule has 3 rings (SSSR count). The summed E-state index contributed by atoms with van der Waals surface area (Å²) < 4.78 is 26.4. The second-order valence-corrected chi connectivity index (χ2v) is 8.67. The number of sulfonamides is 1. The van der Waals surface area contributed by atoms with Gasteiger partial charge in [-0.05, 0) is 43.2 Å². The second-order valence-electron chi connectivity index (χ2n) is 6.81. The summed E-state index contributed by atoms with van der Waals surface area (Å²) in [7, 11) is -3.74. The summed E-state index contributed by atoms with van der Waals surface area (Å²) in [6.07, 6.45) is 1.35. The maximum absolute atomic E-state index is 13.4. The van der Waals surface area contributed by atoms with E-state index in [4.69, 9.17) is 0 Å². The number of benzene rings is 2. The van der Waals surface area contributed by atoms with Crippen molar-refractivity contribution in [3.63, 3.8) is 0 Å². The molecule has 1 aliphatic rings. The van der Waals surface area contributed by atoms with Gasteiger partial charge in [0.15, 0.2) is 0 Å². The van der Waals surface area contributed by atoms with Gasteiger partial charge in [0, 0.05) is 0 Å². The van der Waals surface area contributed by atoms with E-state index in [0.717, 1.165) is 16.1 Å². The Hall–Kier alpha value is -2.87. The van der Waals surface area contributed by atoms with Crippen LogP contribution in [0.15, 0.2) is 48.5 Å². The lowest BCUT2D eigenvalue weighted by Gasteiger charge is -2.36. The van der Waals surface area contributed by atoms with Crippen LogP contribution in [0.4, 0.5) is 17.1 Å². The summed E-state index contributed by atoms with van der Waals surface area (Å²) in [6, 6.07) is 13.0. The third kappa shape index (κ3) is 3.87. The predicted octanol–water partition coefficient (Wildman–Crippen LogP) is 2.52. The molecule has 0 aliphatic carbocycles. The normalized spacial score (nSPS) is 14.8. The van der Waals surface area contributed by atoms with Crippen LogP contribution in [0, 0.1) is 6.92 Å². The number of aryl methyl sites for hydroxylation is 1. The van der Waals surface area contributed by atoms with Crippen molar-refractivity contribution < 1.29 is 18.0 Å². The molecule has 0 spiro atoms. The van der Waals surface area contributed by atoms with Gasteiger partial charge in [0.05, 0.1) is 23.3 Å². The van der Waals surface area contributed by atoms with E-state index in [9.17, 15) is 18.0 Å². The van der Waals surface area contributed by atoms with Gasteiger partial charge in [-0.1, -0.05) is 31.2 Å². The van der Waals surface area contributed by atoms with E-state index in [0.29, 0.717) is 17.1 Å². The van der Waals surface area contributed by atoms with Crippen molar-refractivity contribution in [2.45, 2.75) is 26.3 Å². The molecule has 1 N–H and O–H groups in total. The molecule has 28 heavy (non-hydrogen) atoms. The molecule has 0 saturated carbocycles. The van der Waals surface area contributed by atoms with Gasteiger partial charge in [-0.15, -0.1) is 0 Å². The number of amides is 2. The highest BCUT2D eigenvalue weighted by molar-refractivity contribution is 7.92. The van der Waals surface area contributed by atoms with Crippen molar-refractivity contribution in [3.05, 3.63) is 54.1 Å². The molecule has 2 amide bonds. The molecule has 0 radical (unpaired) electrons. The Labute approximate surface area is 165 Å². The van der Waals surface area contributed by atoms with E-state index < -0.39 is 22.0 Å². The molecule has 8 heteroatoms. The Morgan fingerprint density at radius 1 is 1.21 bits per heavy atom. The standard InChI is InChI=1S/C20H23N3O4S/c1-4-17(23(28(3,26)27)15-9-7-8-14(2)12-15)20(25)22-13-19(24)21-16-10-5-6-11-18(16)22/h5-12,17H,4,13H2,1-3H3,(H,21,24)/t17-/m1/s1. The number of nitrogens with zero attached hydrogens (tertiary/aromatic N) is 2. The van der Waals surface area contributed by atoms with Crippen molar-refractivity contribution in [3.8, 4) is 0 Å². The molecular formula is C20H23N3O4S. The van der Waals surface area contributed by atoms with Crippen LogP contribution in [0.25, 0.3) is 0 Å². The van der Waals surface area contributed by atoms with Gasteiger partial charge in [0.1, 0.15) is 12.6 Å². The molecule has 0 bridgehead atoms. The Kier molecular flexibility index (Phi) is 5.42. The van der Waals surface area contributed by atoms with Crippen LogP contribution < -0.4 is 14.5 Å². The minimum atomic E-state index is -3.74. The number of anilines is 3. The molecule has 2 aromatic carbocycles. The van der Waals surface area contributed by atoms with E-state index in [-0.39, 0.29) is 18.9 Å². The fourth-order valence-corrected chi connectivity index (χ4v) is 4.62. The van der Waals surface area contributed by atoms with E-state index in [1.165, 1.54) is 4.90 Å². The SMILES string of the molecule is CC[C@H](C(=O)N1CC(=O)Nc2ccccc21)N(c1cccc(C)c1)S(C)(=O)=O. The summed E-state index contributed by atoms with van der Waals surface area (Å²) in [5.41, 5.74) is 2.40. The van der Waals surface area contributed by atoms with Crippen molar-refractivity contribution in [2.75, 3.05) is 27.3 Å². The average Bonchev–Trinajstić information content (AvgIpc) is 2.63. The van der Waals surface area contributed by atoms with Gasteiger partial charge in [-0.3, -0.25) is 18.8 Å². The molecule has 1 atom stereocenters. The zero-order chi connectivity index (χ0) is 20.5. The first-order valence-corrected chi connectivity index (χ1v) is 10.8. The Morgan fingerprint density at radius 3 is 2.57 bits per heavy atom. The number of fused-ring (bicyclic) bond motifs is 1. The summed E-state index contributed by atoms with van der Waals surface area (Å²) >= 11 is 0. The van der Waals surface area contributed by atoms with Crippen LogP contribution >= 0.6 is 0 Å². The maximum atomic E-state index is 13.4. The van der Waals surface area contributed by atoms with Crippen molar-refractivity contribution in [1.29, 1.82) is 0 Å².